The number of phenols is 1. The van der Waals surface area contributed by atoms with E-state index in [-0.39, 0.29) is 11.3 Å². The van der Waals surface area contributed by atoms with E-state index in [1.54, 1.807) is 6.07 Å². The van der Waals surface area contributed by atoms with Crippen LogP contribution in [-0.2, 0) is 5.54 Å². The summed E-state index contributed by atoms with van der Waals surface area (Å²) >= 11 is 3.14. The van der Waals surface area contributed by atoms with Crippen LogP contribution in [0, 0.1) is 0 Å². The normalized spacial score (nSPS) is 28.9. The maximum absolute atomic E-state index is 12.9. The second kappa shape index (κ2) is 2.67. The van der Waals surface area contributed by atoms with E-state index in [2.05, 4.69) is 15.9 Å². The minimum Gasteiger partial charge on any atom is -0.508 e. The number of nitrogens with two attached hydrogens (primary N) is 1. The Bertz CT molecular complexity index is 396. The molecule has 0 spiro atoms. The van der Waals surface area contributed by atoms with Crippen molar-refractivity contribution in [2.75, 3.05) is 0 Å². The first-order chi connectivity index (χ1) is 6.37. The SMILES string of the molecule is NC1(c2cc(Br)ccc2O)CC1(F)F. The first kappa shape index (κ1) is 9.86. The molecular weight excluding hydrogens is 256 g/mol. The first-order valence-electron chi connectivity index (χ1n) is 4.02. The van der Waals surface area contributed by atoms with Crippen molar-refractivity contribution in [2.45, 2.75) is 17.9 Å². The van der Waals surface area contributed by atoms with E-state index in [4.69, 9.17) is 5.73 Å². The molecule has 0 aromatic heterocycles. The summed E-state index contributed by atoms with van der Waals surface area (Å²) in [4.78, 5) is 0. The maximum Gasteiger partial charge on any atom is 0.272 e. The van der Waals surface area contributed by atoms with Gasteiger partial charge in [0.2, 0.25) is 0 Å². The van der Waals surface area contributed by atoms with E-state index < -0.39 is 17.9 Å². The zero-order valence-corrected chi connectivity index (χ0v) is 8.68. The molecule has 5 heteroatoms. The third kappa shape index (κ3) is 1.23. The highest BCUT2D eigenvalue weighted by Gasteiger charge is 2.70. The van der Waals surface area contributed by atoms with Gasteiger partial charge in [-0.3, -0.25) is 0 Å². The Hall–Kier alpha value is -0.680. The molecule has 0 amide bonds. The average molecular weight is 264 g/mol. The summed E-state index contributed by atoms with van der Waals surface area (Å²) in [5.41, 5.74) is 3.89. The second-order valence-corrected chi connectivity index (χ2v) is 4.43. The lowest BCUT2D eigenvalue weighted by Gasteiger charge is -2.12. The van der Waals surface area contributed by atoms with E-state index in [9.17, 15) is 13.9 Å². The fourth-order valence-electron chi connectivity index (χ4n) is 1.46. The lowest BCUT2D eigenvalue weighted by Crippen LogP contribution is -2.27. The molecule has 1 aromatic rings. The lowest BCUT2D eigenvalue weighted by atomic mass is 10.0. The van der Waals surface area contributed by atoms with E-state index in [1.165, 1.54) is 12.1 Å². The van der Waals surface area contributed by atoms with Crippen LogP contribution in [0.25, 0.3) is 0 Å². The second-order valence-electron chi connectivity index (χ2n) is 3.51. The Kier molecular flexibility index (Phi) is 1.88. The smallest absolute Gasteiger partial charge is 0.272 e. The molecule has 0 heterocycles. The Morgan fingerprint density at radius 1 is 1.43 bits per heavy atom. The molecule has 1 aromatic carbocycles. The summed E-state index contributed by atoms with van der Waals surface area (Å²) in [6, 6.07) is 4.35. The van der Waals surface area contributed by atoms with Gasteiger partial charge in [0.05, 0.1) is 0 Å². The average Bonchev–Trinajstić information content (AvgIpc) is 2.58. The Morgan fingerprint density at radius 2 is 2.00 bits per heavy atom. The van der Waals surface area contributed by atoms with E-state index in [0.29, 0.717) is 4.47 Å². The molecule has 1 atom stereocenters. The van der Waals surface area contributed by atoms with Crippen LogP contribution in [0.5, 0.6) is 5.75 Å². The predicted octanol–water partition coefficient (Wildman–Crippen LogP) is 2.35. The lowest BCUT2D eigenvalue weighted by molar-refractivity contribution is 0.0884. The summed E-state index contributed by atoms with van der Waals surface area (Å²) < 4.78 is 26.5. The Labute approximate surface area is 87.9 Å². The van der Waals surface area contributed by atoms with Crippen LogP contribution in [0.2, 0.25) is 0 Å². The molecule has 1 aliphatic rings. The van der Waals surface area contributed by atoms with E-state index >= 15 is 0 Å². The van der Waals surface area contributed by atoms with Crippen LogP contribution in [0.15, 0.2) is 22.7 Å². The number of rotatable bonds is 1. The fourth-order valence-corrected chi connectivity index (χ4v) is 1.82. The molecule has 1 fully saturated rings. The van der Waals surface area contributed by atoms with E-state index in [0.717, 1.165) is 0 Å². The zero-order chi connectivity index (χ0) is 10.6. The van der Waals surface area contributed by atoms with Crippen molar-refractivity contribution in [1.82, 2.24) is 0 Å². The molecule has 0 aliphatic heterocycles. The quantitative estimate of drug-likeness (QED) is 0.817. The predicted molar refractivity (Wildman–Crippen MR) is 51.2 cm³/mol. The number of benzene rings is 1. The van der Waals surface area contributed by atoms with Gasteiger partial charge in [-0.25, -0.2) is 8.78 Å². The Morgan fingerprint density at radius 3 is 2.50 bits per heavy atom. The van der Waals surface area contributed by atoms with Gasteiger partial charge in [-0.1, -0.05) is 15.9 Å². The van der Waals surface area contributed by atoms with Gasteiger partial charge in [-0.05, 0) is 18.2 Å². The number of hydrogen-bond donors (Lipinski definition) is 2. The summed E-state index contributed by atoms with van der Waals surface area (Å²) in [5, 5.41) is 9.41. The van der Waals surface area contributed by atoms with Crippen molar-refractivity contribution in [3.8, 4) is 5.75 Å². The third-order valence-corrected chi connectivity index (χ3v) is 2.96. The number of hydrogen-bond acceptors (Lipinski definition) is 2. The van der Waals surface area contributed by atoms with Crippen molar-refractivity contribution in [3.63, 3.8) is 0 Å². The Balaban J connectivity index is 2.48. The molecule has 0 radical (unpaired) electrons. The standard InChI is InChI=1S/C9H8BrF2NO/c10-5-1-2-7(14)6(3-5)8(13)4-9(8,11)12/h1-3,14H,4,13H2. The van der Waals surface area contributed by atoms with Crippen LogP contribution < -0.4 is 5.73 Å². The van der Waals surface area contributed by atoms with Gasteiger partial charge in [-0.15, -0.1) is 0 Å². The van der Waals surface area contributed by atoms with Gasteiger partial charge in [0.25, 0.3) is 5.92 Å². The molecule has 2 nitrogen and oxygen atoms in total. The minimum atomic E-state index is -2.91. The van der Waals surface area contributed by atoms with Crippen molar-refractivity contribution >= 4 is 15.9 Å². The summed E-state index contributed by atoms with van der Waals surface area (Å²) in [6.45, 7) is 0. The van der Waals surface area contributed by atoms with Crippen molar-refractivity contribution < 1.29 is 13.9 Å². The highest BCUT2D eigenvalue weighted by atomic mass is 79.9. The zero-order valence-electron chi connectivity index (χ0n) is 7.10. The number of alkyl halides is 2. The molecule has 3 N–H and O–H groups in total. The molecule has 76 valence electrons. The van der Waals surface area contributed by atoms with Crippen molar-refractivity contribution in [1.29, 1.82) is 0 Å². The van der Waals surface area contributed by atoms with Crippen LogP contribution in [0.3, 0.4) is 0 Å². The molecule has 1 aliphatic carbocycles. The molecule has 14 heavy (non-hydrogen) atoms. The first-order valence-corrected chi connectivity index (χ1v) is 4.82. The highest BCUT2D eigenvalue weighted by Crippen LogP contribution is 2.59. The topological polar surface area (TPSA) is 46.2 Å². The number of phenolic OH excluding ortho intramolecular Hbond substituents is 1. The van der Waals surface area contributed by atoms with Gasteiger partial charge in [0.15, 0.2) is 0 Å². The van der Waals surface area contributed by atoms with Gasteiger partial charge in [0, 0.05) is 16.5 Å². The van der Waals surface area contributed by atoms with Crippen LogP contribution in [0.4, 0.5) is 8.78 Å². The summed E-state index contributed by atoms with van der Waals surface area (Å²) in [7, 11) is 0. The highest BCUT2D eigenvalue weighted by molar-refractivity contribution is 9.10. The molecule has 2 rings (SSSR count). The van der Waals surface area contributed by atoms with Gasteiger partial charge >= 0.3 is 0 Å². The summed E-state index contributed by atoms with van der Waals surface area (Å²) in [6.07, 6.45) is -0.413. The van der Waals surface area contributed by atoms with Gasteiger partial charge < -0.3 is 10.8 Å². The molecule has 1 unspecified atom stereocenters. The van der Waals surface area contributed by atoms with Crippen molar-refractivity contribution in [3.05, 3.63) is 28.2 Å². The molecule has 1 saturated carbocycles. The fraction of sp³-hybridized carbons (Fsp3) is 0.333. The summed E-state index contributed by atoms with van der Waals surface area (Å²) in [5.74, 6) is -3.10. The van der Waals surface area contributed by atoms with E-state index in [1.807, 2.05) is 0 Å². The third-order valence-electron chi connectivity index (χ3n) is 2.47. The maximum atomic E-state index is 12.9. The van der Waals surface area contributed by atoms with Crippen LogP contribution in [0.1, 0.15) is 12.0 Å². The largest absolute Gasteiger partial charge is 0.508 e. The van der Waals surface area contributed by atoms with Crippen molar-refractivity contribution in [2.24, 2.45) is 5.73 Å². The molecule has 0 saturated heterocycles. The van der Waals surface area contributed by atoms with Crippen LogP contribution >= 0.6 is 15.9 Å². The minimum absolute atomic E-state index is 0.0943. The van der Waals surface area contributed by atoms with Crippen LogP contribution in [-0.4, -0.2) is 11.0 Å². The monoisotopic (exact) mass is 263 g/mol. The van der Waals surface area contributed by atoms with Gasteiger partial charge in [-0.2, -0.15) is 0 Å². The van der Waals surface area contributed by atoms with Gasteiger partial charge in [0.1, 0.15) is 11.3 Å². The number of aromatic hydroxyl groups is 1. The molecule has 0 bridgehead atoms. The number of halogens is 3. The molecular formula is C9H8BrF2NO.